The van der Waals surface area contributed by atoms with Gasteiger partial charge in [-0.2, -0.15) is 5.10 Å². The minimum atomic E-state index is 0.982. The number of hydrazone groups is 1. The molecule has 0 bridgehead atoms. The summed E-state index contributed by atoms with van der Waals surface area (Å²) in [5.74, 6) is 0. The normalized spacial score (nSPS) is 11.4. The van der Waals surface area contributed by atoms with E-state index in [-0.39, 0.29) is 0 Å². The molecular formula is C17H22N3+. The number of benzene rings is 1. The van der Waals surface area contributed by atoms with Gasteiger partial charge in [-0.25, -0.2) is 4.57 Å². The molecule has 0 radical (unpaired) electrons. The van der Waals surface area contributed by atoms with E-state index in [0.29, 0.717) is 0 Å². The molecular weight excluding hydrogens is 246 g/mol. The van der Waals surface area contributed by atoms with E-state index in [1.165, 1.54) is 5.56 Å². The average molecular weight is 268 g/mol. The number of hydrogen-bond acceptors (Lipinski definition) is 2. The standard InChI is InChI=1S/C17H21N3/c1-4-11-20-12-9-17(10-13-20)19-18-15(3)16-7-5-14(2)6-8-16/h5-10,12-13H,4,11H2,1-3H3/p+1/b18-15+. The summed E-state index contributed by atoms with van der Waals surface area (Å²) < 4.78 is 2.17. The summed E-state index contributed by atoms with van der Waals surface area (Å²) >= 11 is 0. The van der Waals surface area contributed by atoms with E-state index in [4.69, 9.17) is 0 Å². The summed E-state index contributed by atoms with van der Waals surface area (Å²) in [6.45, 7) is 7.32. The molecule has 0 spiro atoms. The van der Waals surface area contributed by atoms with Crippen LogP contribution in [0.2, 0.25) is 0 Å². The quantitative estimate of drug-likeness (QED) is 0.501. The third kappa shape index (κ3) is 3.92. The van der Waals surface area contributed by atoms with Gasteiger partial charge >= 0.3 is 0 Å². The van der Waals surface area contributed by atoms with E-state index in [2.05, 4.69) is 65.6 Å². The van der Waals surface area contributed by atoms with Crippen LogP contribution in [0.5, 0.6) is 0 Å². The molecule has 0 unspecified atom stereocenters. The van der Waals surface area contributed by atoms with Crippen molar-refractivity contribution in [3.05, 3.63) is 59.9 Å². The number of nitrogens with zero attached hydrogens (tertiary/aromatic N) is 2. The monoisotopic (exact) mass is 268 g/mol. The molecule has 2 rings (SSSR count). The minimum Gasteiger partial charge on any atom is -0.278 e. The molecule has 1 N–H and O–H groups in total. The van der Waals surface area contributed by atoms with Crippen LogP contribution in [0.4, 0.5) is 5.69 Å². The summed E-state index contributed by atoms with van der Waals surface area (Å²) in [4.78, 5) is 0. The number of nitrogens with one attached hydrogen (secondary N) is 1. The zero-order valence-electron chi connectivity index (χ0n) is 12.4. The van der Waals surface area contributed by atoms with Crippen molar-refractivity contribution in [2.45, 2.75) is 33.7 Å². The Morgan fingerprint density at radius 2 is 1.75 bits per heavy atom. The van der Waals surface area contributed by atoms with Crippen LogP contribution in [0.15, 0.2) is 53.9 Å². The number of anilines is 1. The molecule has 0 aliphatic rings. The number of aromatic nitrogens is 1. The van der Waals surface area contributed by atoms with Crippen molar-refractivity contribution in [1.29, 1.82) is 0 Å². The Hall–Kier alpha value is -2.16. The third-order valence-electron chi connectivity index (χ3n) is 3.19. The summed E-state index contributed by atoms with van der Waals surface area (Å²) in [6, 6.07) is 12.5. The van der Waals surface area contributed by atoms with Crippen molar-refractivity contribution in [3.63, 3.8) is 0 Å². The highest BCUT2D eigenvalue weighted by Gasteiger charge is 2.00. The van der Waals surface area contributed by atoms with Crippen LogP contribution in [0.25, 0.3) is 0 Å². The SMILES string of the molecule is CCC[n+]1ccc(N/N=C(\C)c2ccc(C)cc2)cc1. The van der Waals surface area contributed by atoms with Crippen LogP contribution in [-0.2, 0) is 6.54 Å². The second-order valence-corrected chi connectivity index (χ2v) is 5.00. The van der Waals surface area contributed by atoms with Gasteiger partial charge in [-0.1, -0.05) is 36.8 Å². The fourth-order valence-corrected chi connectivity index (χ4v) is 1.95. The molecule has 0 aliphatic carbocycles. The first kappa shape index (κ1) is 14.3. The Labute approximate surface area is 121 Å². The van der Waals surface area contributed by atoms with Gasteiger partial charge < -0.3 is 0 Å². The van der Waals surface area contributed by atoms with E-state index in [0.717, 1.165) is 29.9 Å². The van der Waals surface area contributed by atoms with E-state index < -0.39 is 0 Å². The lowest BCUT2D eigenvalue weighted by atomic mass is 10.1. The lowest BCUT2D eigenvalue weighted by molar-refractivity contribution is -0.696. The minimum absolute atomic E-state index is 0.982. The van der Waals surface area contributed by atoms with Crippen molar-refractivity contribution >= 4 is 11.4 Å². The Kier molecular flexibility index (Phi) is 4.88. The molecule has 1 heterocycles. The van der Waals surface area contributed by atoms with Crippen LogP contribution < -0.4 is 9.99 Å². The molecule has 0 amide bonds. The van der Waals surface area contributed by atoms with E-state index in [1.54, 1.807) is 0 Å². The van der Waals surface area contributed by atoms with E-state index in [1.807, 2.05) is 19.1 Å². The maximum Gasteiger partial charge on any atom is 0.170 e. The fraction of sp³-hybridized carbons (Fsp3) is 0.294. The zero-order chi connectivity index (χ0) is 14.4. The van der Waals surface area contributed by atoms with Crippen molar-refractivity contribution in [3.8, 4) is 0 Å². The van der Waals surface area contributed by atoms with Gasteiger partial charge in [0.1, 0.15) is 6.54 Å². The van der Waals surface area contributed by atoms with Gasteiger partial charge in [0.25, 0.3) is 0 Å². The first-order valence-electron chi connectivity index (χ1n) is 7.05. The first-order chi connectivity index (χ1) is 9.69. The Bertz CT molecular complexity index is 568. The maximum absolute atomic E-state index is 4.43. The maximum atomic E-state index is 4.43. The molecule has 3 nitrogen and oxygen atoms in total. The third-order valence-corrected chi connectivity index (χ3v) is 3.19. The van der Waals surface area contributed by atoms with E-state index in [9.17, 15) is 0 Å². The van der Waals surface area contributed by atoms with Gasteiger partial charge in [0.15, 0.2) is 12.4 Å². The van der Waals surface area contributed by atoms with Gasteiger partial charge in [0, 0.05) is 18.6 Å². The Morgan fingerprint density at radius 1 is 1.10 bits per heavy atom. The fourth-order valence-electron chi connectivity index (χ4n) is 1.95. The Morgan fingerprint density at radius 3 is 2.35 bits per heavy atom. The van der Waals surface area contributed by atoms with Crippen molar-refractivity contribution in [2.24, 2.45) is 5.10 Å². The summed E-state index contributed by atoms with van der Waals surface area (Å²) in [5.41, 5.74) is 7.49. The van der Waals surface area contributed by atoms with Gasteiger partial charge in [-0.05, 0) is 19.4 Å². The largest absolute Gasteiger partial charge is 0.278 e. The molecule has 0 saturated carbocycles. The highest BCUT2D eigenvalue weighted by atomic mass is 15.3. The first-order valence-corrected chi connectivity index (χ1v) is 7.05. The van der Waals surface area contributed by atoms with Gasteiger partial charge in [-0.3, -0.25) is 5.43 Å². The zero-order valence-corrected chi connectivity index (χ0v) is 12.4. The van der Waals surface area contributed by atoms with Crippen molar-refractivity contribution < 1.29 is 4.57 Å². The molecule has 20 heavy (non-hydrogen) atoms. The topological polar surface area (TPSA) is 28.3 Å². The predicted molar refractivity (Wildman–Crippen MR) is 83.9 cm³/mol. The number of rotatable bonds is 5. The number of hydrogen-bond donors (Lipinski definition) is 1. The summed E-state index contributed by atoms with van der Waals surface area (Å²) in [7, 11) is 0. The van der Waals surface area contributed by atoms with Crippen LogP contribution in [0, 0.1) is 6.92 Å². The molecule has 0 fully saturated rings. The van der Waals surface area contributed by atoms with Gasteiger partial charge in [0.2, 0.25) is 0 Å². The lowest BCUT2D eigenvalue weighted by Crippen LogP contribution is -2.31. The molecule has 2 aromatic rings. The molecule has 1 aromatic carbocycles. The lowest BCUT2D eigenvalue weighted by Gasteiger charge is -2.03. The number of pyridine rings is 1. The van der Waals surface area contributed by atoms with Gasteiger partial charge in [-0.15, -0.1) is 0 Å². The molecule has 0 aliphatic heterocycles. The van der Waals surface area contributed by atoms with Crippen LogP contribution in [-0.4, -0.2) is 5.71 Å². The second-order valence-electron chi connectivity index (χ2n) is 5.00. The van der Waals surface area contributed by atoms with Crippen LogP contribution >= 0.6 is 0 Å². The number of aryl methyl sites for hydroxylation is 2. The predicted octanol–water partition coefficient (Wildman–Crippen LogP) is 3.53. The summed E-state index contributed by atoms with van der Waals surface area (Å²) in [5, 5.41) is 4.43. The molecule has 0 atom stereocenters. The molecule has 0 saturated heterocycles. The highest BCUT2D eigenvalue weighted by Crippen LogP contribution is 2.07. The Balaban J connectivity index is 2.02. The highest BCUT2D eigenvalue weighted by molar-refractivity contribution is 5.99. The molecule has 3 heteroatoms. The average Bonchev–Trinajstić information content (AvgIpc) is 2.47. The molecule has 104 valence electrons. The van der Waals surface area contributed by atoms with Crippen molar-refractivity contribution in [2.75, 3.05) is 5.43 Å². The van der Waals surface area contributed by atoms with Gasteiger partial charge in [0.05, 0.1) is 11.4 Å². The summed E-state index contributed by atoms with van der Waals surface area (Å²) in [6.07, 6.45) is 5.28. The van der Waals surface area contributed by atoms with Crippen LogP contribution in [0.1, 0.15) is 31.4 Å². The van der Waals surface area contributed by atoms with E-state index >= 15 is 0 Å². The van der Waals surface area contributed by atoms with Crippen molar-refractivity contribution in [1.82, 2.24) is 0 Å². The molecule has 1 aromatic heterocycles. The second kappa shape index (κ2) is 6.85. The van der Waals surface area contributed by atoms with Crippen LogP contribution in [0.3, 0.4) is 0 Å². The smallest absolute Gasteiger partial charge is 0.170 e.